The van der Waals surface area contributed by atoms with Gasteiger partial charge in [-0.05, 0) is 36.7 Å². The van der Waals surface area contributed by atoms with Crippen LogP contribution in [0.4, 0.5) is 23.5 Å². The molecule has 2 aliphatic heterocycles. The van der Waals surface area contributed by atoms with E-state index in [9.17, 15) is 17.6 Å². The molecule has 0 spiro atoms. The number of nitrogens with zero attached hydrogens (tertiary/aromatic N) is 4. The van der Waals surface area contributed by atoms with Gasteiger partial charge in [-0.15, -0.1) is 0 Å². The minimum atomic E-state index is -5.08. The first-order valence-corrected chi connectivity index (χ1v) is 10.1. The summed E-state index contributed by atoms with van der Waals surface area (Å²) in [4.78, 5) is 22.3. The van der Waals surface area contributed by atoms with Crippen molar-refractivity contribution in [3.8, 4) is 0 Å². The molecule has 0 radical (unpaired) electrons. The Labute approximate surface area is 182 Å². The highest BCUT2D eigenvalue weighted by atomic mass is 19.4. The molecule has 1 aromatic heterocycles. The number of carbonyl (C=O) groups is 1. The molecule has 1 aromatic carbocycles. The van der Waals surface area contributed by atoms with Gasteiger partial charge in [-0.3, -0.25) is 4.90 Å². The number of carboxylic acid groups (broad SMARTS) is 1. The van der Waals surface area contributed by atoms with Crippen molar-refractivity contribution in [2.75, 3.05) is 37.7 Å². The number of aromatic nitrogens is 2. The number of aliphatic carboxylic acids is 1. The van der Waals surface area contributed by atoms with Crippen LogP contribution in [0.2, 0.25) is 0 Å². The number of halogens is 4. The summed E-state index contributed by atoms with van der Waals surface area (Å²) in [6, 6.07) is 8.63. The van der Waals surface area contributed by atoms with E-state index in [1.54, 1.807) is 12.4 Å². The number of hydrogen-bond acceptors (Lipinski definition) is 6. The Morgan fingerprint density at radius 3 is 2.41 bits per heavy atom. The molecule has 174 valence electrons. The van der Waals surface area contributed by atoms with E-state index in [-0.39, 0.29) is 11.9 Å². The molecular weight excluding hydrogens is 432 g/mol. The molecule has 4 rings (SSSR count). The highest BCUT2D eigenvalue weighted by Gasteiger charge is 2.38. The predicted molar refractivity (Wildman–Crippen MR) is 107 cm³/mol. The molecule has 2 saturated heterocycles. The monoisotopic (exact) mass is 456 g/mol. The van der Waals surface area contributed by atoms with Gasteiger partial charge in [-0.1, -0.05) is 12.1 Å². The van der Waals surface area contributed by atoms with E-state index in [4.69, 9.17) is 14.6 Å². The minimum absolute atomic E-state index is 0.183. The summed E-state index contributed by atoms with van der Waals surface area (Å²) in [7, 11) is 0. The lowest BCUT2D eigenvalue weighted by Gasteiger charge is -2.38. The number of ether oxygens (including phenoxy) is 1. The van der Waals surface area contributed by atoms with Crippen LogP contribution in [0.3, 0.4) is 0 Å². The van der Waals surface area contributed by atoms with Crippen LogP contribution < -0.4 is 4.90 Å². The summed E-state index contributed by atoms with van der Waals surface area (Å²) in [6.45, 7) is 5.27. The van der Waals surface area contributed by atoms with Gasteiger partial charge in [0, 0.05) is 44.5 Å². The topological polar surface area (TPSA) is 78.8 Å². The zero-order valence-corrected chi connectivity index (χ0v) is 17.2. The lowest BCUT2D eigenvalue weighted by atomic mass is 9.93. The highest BCUT2D eigenvalue weighted by Crippen LogP contribution is 2.26. The number of alkyl halides is 3. The van der Waals surface area contributed by atoms with Gasteiger partial charge < -0.3 is 14.7 Å². The first kappa shape index (κ1) is 23.9. The van der Waals surface area contributed by atoms with Crippen molar-refractivity contribution in [2.45, 2.75) is 25.2 Å². The van der Waals surface area contributed by atoms with Gasteiger partial charge in [-0.2, -0.15) is 13.2 Å². The molecule has 2 aromatic rings. The minimum Gasteiger partial charge on any atom is -0.475 e. The van der Waals surface area contributed by atoms with Crippen LogP contribution in [-0.4, -0.2) is 71.0 Å². The van der Waals surface area contributed by atoms with E-state index in [2.05, 4.69) is 19.8 Å². The number of rotatable bonds is 3. The van der Waals surface area contributed by atoms with Crippen molar-refractivity contribution in [1.29, 1.82) is 0 Å². The van der Waals surface area contributed by atoms with Crippen molar-refractivity contribution in [2.24, 2.45) is 5.92 Å². The molecule has 2 aliphatic rings. The molecule has 0 aliphatic carbocycles. The SMILES string of the molecule is Fc1ccc(CN2CC[C@@H]3CN(c4ncccn4)CCO[C@@H]3C2)cc1.O=C(O)C(F)(F)F. The fourth-order valence-corrected chi connectivity index (χ4v) is 3.74. The van der Waals surface area contributed by atoms with E-state index in [1.807, 2.05) is 18.2 Å². The molecular formula is C21H24F4N4O3. The second-order valence-corrected chi connectivity index (χ2v) is 7.62. The van der Waals surface area contributed by atoms with Crippen LogP contribution in [0.1, 0.15) is 12.0 Å². The third-order valence-electron chi connectivity index (χ3n) is 5.32. The van der Waals surface area contributed by atoms with Gasteiger partial charge in [-0.25, -0.2) is 19.2 Å². The maximum atomic E-state index is 13.1. The molecule has 0 unspecified atom stereocenters. The van der Waals surface area contributed by atoms with Crippen molar-refractivity contribution >= 4 is 11.9 Å². The second-order valence-electron chi connectivity index (χ2n) is 7.62. The van der Waals surface area contributed by atoms with E-state index in [1.165, 1.54) is 12.1 Å². The van der Waals surface area contributed by atoms with Crippen LogP contribution in [-0.2, 0) is 16.1 Å². The van der Waals surface area contributed by atoms with Crippen molar-refractivity contribution in [3.63, 3.8) is 0 Å². The van der Waals surface area contributed by atoms with Gasteiger partial charge in [0.15, 0.2) is 0 Å². The lowest BCUT2D eigenvalue weighted by molar-refractivity contribution is -0.192. The van der Waals surface area contributed by atoms with E-state index >= 15 is 0 Å². The molecule has 7 nitrogen and oxygen atoms in total. The Morgan fingerprint density at radius 1 is 1.12 bits per heavy atom. The number of carboxylic acids is 1. The number of likely N-dealkylation sites (tertiary alicyclic amines) is 1. The van der Waals surface area contributed by atoms with Gasteiger partial charge in [0.1, 0.15) is 5.82 Å². The third kappa shape index (κ3) is 6.86. The normalized spacial score (nSPS) is 21.7. The van der Waals surface area contributed by atoms with Crippen LogP contribution in [0.15, 0.2) is 42.7 Å². The number of fused-ring (bicyclic) bond motifs is 1. The van der Waals surface area contributed by atoms with Crippen molar-refractivity contribution < 1.29 is 32.2 Å². The molecule has 1 N–H and O–H groups in total. The lowest BCUT2D eigenvalue weighted by Crippen LogP contribution is -2.46. The summed E-state index contributed by atoms with van der Waals surface area (Å²) < 4.78 is 50.9. The summed E-state index contributed by atoms with van der Waals surface area (Å²) >= 11 is 0. The largest absolute Gasteiger partial charge is 0.490 e. The number of anilines is 1. The van der Waals surface area contributed by atoms with Crippen molar-refractivity contribution in [3.05, 3.63) is 54.1 Å². The van der Waals surface area contributed by atoms with E-state index < -0.39 is 12.1 Å². The van der Waals surface area contributed by atoms with Gasteiger partial charge in [0.2, 0.25) is 5.95 Å². The zero-order valence-electron chi connectivity index (χ0n) is 17.2. The Morgan fingerprint density at radius 2 is 1.78 bits per heavy atom. The maximum Gasteiger partial charge on any atom is 0.490 e. The molecule has 3 heterocycles. The van der Waals surface area contributed by atoms with Crippen LogP contribution >= 0.6 is 0 Å². The molecule has 2 fully saturated rings. The number of hydrogen-bond donors (Lipinski definition) is 1. The fourth-order valence-electron chi connectivity index (χ4n) is 3.74. The first-order chi connectivity index (χ1) is 15.2. The predicted octanol–water partition coefficient (Wildman–Crippen LogP) is 2.98. The average Bonchev–Trinajstić information content (AvgIpc) is 2.98. The molecule has 32 heavy (non-hydrogen) atoms. The first-order valence-electron chi connectivity index (χ1n) is 10.1. The zero-order chi connectivity index (χ0) is 23.1. The fraction of sp³-hybridized carbons (Fsp3) is 0.476. The standard InChI is InChI=1S/C19H23FN4O.C2HF3O2/c20-17-4-2-15(3-5-17)12-23-9-6-16-13-24(10-11-25-18(16)14-23)19-21-7-1-8-22-19;3-2(4,5)1(6)7/h1-5,7-8,16,18H,6,9-14H2;(H,6,7)/t16-,18-;/m1./s1. The maximum absolute atomic E-state index is 13.1. The number of piperidine rings is 1. The summed E-state index contributed by atoms with van der Waals surface area (Å²) in [5.74, 6) is -1.65. The van der Waals surface area contributed by atoms with Crippen molar-refractivity contribution in [1.82, 2.24) is 14.9 Å². The Kier molecular flexibility index (Phi) is 7.97. The Bertz CT molecular complexity index is 868. The van der Waals surface area contributed by atoms with Crippen LogP contribution in [0.25, 0.3) is 0 Å². The Hall–Kier alpha value is -2.79. The van der Waals surface area contributed by atoms with Gasteiger partial charge in [0.25, 0.3) is 0 Å². The van der Waals surface area contributed by atoms with Gasteiger partial charge >= 0.3 is 12.1 Å². The second kappa shape index (κ2) is 10.7. The van der Waals surface area contributed by atoms with E-state index in [0.717, 1.165) is 50.7 Å². The number of benzene rings is 1. The van der Waals surface area contributed by atoms with Gasteiger partial charge in [0.05, 0.1) is 12.7 Å². The molecule has 2 atom stereocenters. The summed E-state index contributed by atoms with van der Waals surface area (Å²) in [5, 5.41) is 7.12. The Balaban J connectivity index is 0.000000360. The summed E-state index contributed by atoms with van der Waals surface area (Å²) in [6.07, 6.45) is -0.175. The quantitative estimate of drug-likeness (QED) is 0.712. The molecule has 0 amide bonds. The molecule has 0 saturated carbocycles. The molecule has 11 heteroatoms. The van der Waals surface area contributed by atoms with Crippen LogP contribution in [0, 0.1) is 11.7 Å². The average molecular weight is 456 g/mol. The summed E-state index contributed by atoms with van der Waals surface area (Å²) in [5.41, 5.74) is 1.15. The highest BCUT2D eigenvalue weighted by molar-refractivity contribution is 5.73. The van der Waals surface area contributed by atoms with E-state index in [0.29, 0.717) is 12.5 Å². The smallest absolute Gasteiger partial charge is 0.475 e. The van der Waals surface area contributed by atoms with Crippen LogP contribution in [0.5, 0.6) is 0 Å². The third-order valence-corrected chi connectivity index (χ3v) is 5.32. The molecule has 0 bridgehead atoms.